The lowest BCUT2D eigenvalue weighted by molar-refractivity contribution is 0.145. The number of hydrogen-bond donors (Lipinski definition) is 1. The molecule has 2 aromatic rings. The predicted octanol–water partition coefficient (Wildman–Crippen LogP) is 7.28. The molecule has 2 heterocycles. The summed E-state index contributed by atoms with van der Waals surface area (Å²) in [5.74, 6) is 0.885. The number of halogens is 1. The molecule has 2 unspecified atom stereocenters. The van der Waals surface area contributed by atoms with E-state index in [2.05, 4.69) is 57.3 Å². The van der Waals surface area contributed by atoms with Crippen LogP contribution in [0.1, 0.15) is 64.2 Å². The molecule has 0 bridgehead atoms. The molecule has 0 amide bonds. The molecule has 2 atom stereocenters. The zero-order valence-corrected chi connectivity index (χ0v) is 17.6. The summed E-state index contributed by atoms with van der Waals surface area (Å²) >= 11 is 0. The molecular formula is C26H28FNO. The molecule has 3 heteroatoms. The Bertz CT molecular complexity index is 1060. The number of ether oxygens (including phenoxy) is 1. The second-order valence-corrected chi connectivity index (χ2v) is 9.37. The first-order chi connectivity index (χ1) is 13.8. The maximum Gasteiger partial charge on any atom is 0.131 e. The average molecular weight is 390 g/mol. The topological polar surface area (TPSA) is 21.3 Å². The van der Waals surface area contributed by atoms with E-state index in [4.69, 9.17) is 4.74 Å². The summed E-state index contributed by atoms with van der Waals surface area (Å²) in [4.78, 5) is 0. The van der Waals surface area contributed by atoms with Gasteiger partial charge >= 0.3 is 0 Å². The van der Waals surface area contributed by atoms with Gasteiger partial charge in [-0.05, 0) is 82.4 Å². The molecule has 2 aliphatic heterocycles. The number of nitrogens with one attached hydrogen (secondary N) is 1. The molecule has 5 rings (SSSR count). The minimum absolute atomic E-state index is 0.0560. The molecular weight excluding hydrogens is 361 g/mol. The van der Waals surface area contributed by atoms with Crippen LogP contribution in [-0.2, 0) is 0 Å². The fraction of sp³-hybridized carbons (Fsp3) is 0.385. The Morgan fingerprint density at radius 3 is 2.72 bits per heavy atom. The second kappa shape index (κ2) is 6.48. The lowest BCUT2D eigenvalue weighted by Crippen LogP contribution is -2.33. The van der Waals surface area contributed by atoms with Crippen LogP contribution in [0.15, 0.2) is 48.1 Å². The minimum atomic E-state index is -0.227. The highest BCUT2D eigenvalue weighted by atomic mass is 19.1. The van der Waals surface area contributed by atoms with Crippen molar-refractivity contribution in [2.45, 2.75) is 58.6 Å². The molecule has 0 saturated heterocycles. The maximum absolute atomic E-state index is 14.1. The molecule has 0 fully saturated rings. The number of fused-ring (bicyclic) bond motifs is 5. The van der Waals surface area contributed by atoms with Crippen molar-refractivity contribution in [3.8, 4) is 16.9 Å². The van der Waals surface area contributed by atoms with Crippen LogP contribution >= 0.6 is 0 Å². The van der Waals surface area contributed by atoms with Gasteiger partial charge in [0.2, 0.25) is 0 Å². The highest BCUT2D eigenvalue weighted by Crippen LogP contribution is 2.52. The highest BCUT2D eigenvalue weighted by molar-refractivity contribution is 5.89. The number of anilines is 1. The standard InChI is InChI=1S/C26H28FNO/c1-15-6-5-7-17(12-15)25-24-19(20-13-18(27)8-11-22(20)29-25)9-10-21-23(24)16(2)14-26(3,4)28-21/h8-14,17,25,28H,5-7H2,1-4H3. The van der Waals surface area contributed by atoms with Gasteiger partial charge < -0.3 is 10.1 Å². The molecule has 1 N–H and O–H groups in total. The molecule has 150 valence electrons. The first-order valence-electron chi connectivity index (χ1n) is 10.6. The molecule has 3 aliphatic rings. The summed E-state index contributed by atoms with van der Waals surface area (Å²) in [6.07, 6.45) is 8.09. The van der Waals surface area contributed by atoms with Crippen LogP contribution in [-0.4, -0.2) is 5.54 Å². The predicted molar refractivity (Wildman–Crippen MR) is 118 cm³/mol. The highest BCUT2D eigenvalue weighted by Gasteiger charge is 2.37. The van der Waals surface area contributed by atoms with Crippen LogP contribution in [0.5, 0.6) is 5.75 Å². The van der Waals surface area contributed by atoms with Gasteiger partial charge in [-0.1, -0.05) is 23.8 Å². The lowest BCUT2D eigenvalue weighted by Gasteiger charge is -2.39. The molecule has 0 saturated carbocycles. The van der Waals surface area contributed by atoms with Crippen molar-refractivity contribution in [1.29, 1.82) is 0 Å². The van der Waals surface area contributed by atoms with Crippen molar-refractivity contribution in [2.75, 3.05) is 5.32 Å². The maximum atomic E-state index is 14.1. The van der Waals surface area contributed by atoms with Crippen LogP contribution < -0.4 is 10.1 Å². The van der Waals surface area contributed by atoms with Crippen LogP contribution in [0.25, 0.3) is 16.7 Å². The Labute approximate surface area is 172 Å². The first kappa shape index (κ1) is 18.5. The summed E-state index contributed by atoms with van der Waals surface area (Å²) < 4.78 is 20.7. The Balaban J connectivity index is 1.76. The van der Waals surface area contributed by atoms with E-state index in [0.717, 1.165) is 29.0 Å². The number of allylic oxidation sites excluding steroid dienone is 2. The van der Waals surface area contributed by atoms with E-state index in [1.54, 1.807) is 12.1 Å². The van der Waals surface area contributed by atoms with Gasteiger partial charge in [-0.15, -0.1) is 0 Å². The lowest BCUT2D eigenvalue weighted by atomic mass is 9.76. The van der Waals surface area contributed by atoms with Crippen molar-refractivity contribution >= 4 is 11.3 Å². The van der Waals surface area contributed by atoms with Crippen LogP contribution in [0, 0.1) is 11.7 Å². The molecule has 0 radical (unpaired) electrons. The Morgan fingerprint density at radius 2 is 1.93 bits per heavy atom. The van der Waals surface area contributed by atoms with Gasteiger partial charge in [-0.2, -0.15) is 0 Å². The van der Waals surface area contributed by atoms with Crippen LogP contribution in [0.4, 0.5) is 10.1 Å². The third kappa shape index (κ3) is 3.08. The van der Waals surface area contributed by atoms with E-state index < -0.39 is 0 Å². The van der Waals surface area contributed by atoms with E-state index in [1.807, 2.05) is 0 Å². The molecule has 0 aromatic heterocycles. The zero-order valence-electron chi connectivity index (χ0n) is 17.6. The minimum Gasteiger partial charge on any atom is -0.484 e. The quantitative estimate of drug-likeness (QED) is 0.517. The molecule has 29 heavy (non-hydrogen) atoms. The Hall–Kier alpha value is -2.55. The fourth-order valence-electron chi connectivity index (χ4n) is 5.38. The number of benzene rings is 2. The van der Waals surface area contributed by atoms with E-state index >= 15 is 0 Å². The Kier molecular flexibility index (Phi) is 4.13. The van der Waals surface area contributed by atoms with E-state index in [9.17, 15) is 4.39 Å². The van der Waals surface area contributed by atoms with Crippen LogP contribution in [0.2, 0.25) is 0 Å². The van der Waals surface area contributed by atoms with Crippen LogP contribution in [0.3, 0.4) is 0 Å². The monoisotopic (exact) mass is 389 g/mol. The summed E-state index contributed by atoms with van der Waals surface area (Å²) in [6, 6.07) is 9.17. The normalized spacial score (nSPS) is 24.2. The van der Waals surface area contributed by atoms with E-state index in [0.29, 0.717) is 5.92 Å². The summed E-state index contributed by atoms with van der Waals surface area (Å²) in [7, 11) is 0. The molecule has 2 aromatic carbocycles. The largest absolute Gasteiger partial charge is 0.484 e. The molecule has 2 nitrogen and oxygen atoms in total. The smallest absolute Gasteiger partial charge is 0.131 e. The summed E-state index contributed by atoms with van der Waals surface area (Å²) in [6.45, 7) is 8.77. The van der Waals surface area contributed by atoms with Crippen molar-refractivity contribution in [1.82, 2.24) is 0 Å². The summed E-state index contributed by atoms with van der Waals surface area (Å²) in [5.41, 5.74) is 8.11. The van der Waals surface area contributed by atoms with Crippen molar-refractivity contribution in [3.63, 3.8) is 0 Å². The zero-order chi connectivity index (χ0) is 20.3. The van der Waals surface area contributed by atoms with Crippen molar-refractivity contribution in [2.24, 2.45) is 5.92 Å². The molecule has 0 spiro atoms. The van der Waals surface area contributed by atoms with Gasteiger partial charge in [0, 0.05) is 28.3 Å². The van der Waals surface area contributed by atoms with Crippen molar-refractivity contribution in [3.05, 3.63) is 65.0 Å². The van der Waals surface area contributed by atoms with Gasteiger partial charge in [0.05, 0.1) is 5.54 Å². The second-order valence-electron chi connectivity index (χ2n) is 9.37. The third-order valence-electron chi connectivity index (χ3n) is 6.44. The SMILES string of the molecule is CC1=CC(C2Oc3ccc(F)cc3-c3ccc4c(c32)C(C)=CC(C)(C)N4)CCC1. The third-order valence-corrected chi connectivity index (χ3v) is 6.44. The number of rotatable bonds is 1. The summed E-state index contributed by atoms with van der Waals surface area (Å²) in [5, 5.41) is 3.66. The molecule has 1 aliphatic carbocycles. The van der Waals surface area contributed by atoms with Crippen molar-refractivity contribution < 1.29 is 9.13 Å². The first-order valence-corrected chi connectivity index (χ1v) is 10.6. The fourth-order valence-corrected chi connectivity index (χ4v) is 5.38. The average Bonchev–Trinajstić information content (AvgIpc) is 2.65. The van der Waals surface area contributed by atoms with E-state index in [-0.39, 0.29) is 17.5 Å². The number of hydrogen-bond acceptors (Lipinski definition) is 2. The van der Waals surface area contributed by atoms with Gasteiger partial charge in [0.15, 0.2) is 0 Å². The van der Waals surface area contributed by atoms with Gasteiger partial charge in [0.25, 0.3) is 0 Å². The Morgan fingerprint density at radius 1 is 1.10 bits per heavy atom. The van der Waals surface area contributed by atoms with Gasteiger partial charge in [-0.25, -0.2) is 4.39 Å². The van der Waals surface area contributed by atoms with E-state index in [1.165, 1.54) is 41.2 Å². The van der Waals surface area contributed by atoms with Gasteiger partial charge in [-0.3, -0.25) is 0 Å². The van der Waals surface area contributed by atoms with Gasteiger partial charge in [0.1, 0.15) is 17.7 Å².